The highest BCUT2D eigenvalue weighted by molar-refractivity contribution is 5.63. The van der Waals surface area contributed by atoms with Crippen molar-refractivity contribution in [2.45, 2.75) is 19.0 Å². The monoisotopic (exact) mass is 250 g/mol. The minimum atomic E-state index is -4.72. The van der Waals surface area contributed by atoms with Gasteiger partial charge in [0.15, 0.2) is 11.6 Å². The lowest BCUT2D eigenvalue weighted by molar-refractivity contribution is -0.155. The molecule has 1 rings (SSSR count). The summed E-state index contributed by atoms with van der Waals surface area (Å²) < 4.78 is 55.4. The van der Waals surface area contributed by atoms with Crippen LogP contribution in [0.3, 0.4) is 0 Å². The first-order valence-electron chi connectivity index (χ1n) is 4.84. The van der Waals surface area contributed by atoms with Crippen molar-refractivity contribution in [3.05, 3.63) is 29.6 Å². The molecule has 0 N–H and O–H groups in total. The van der Waals surface area contributed by atoms with Crippen LogP contribution in [0, 0.1) is 5.82 Å². The van der Waals surface area contributed by atoms with Gasteiger partial charge in [-0.25, -0.2) is 4.39 Å². The predicted octanol–water partition coefficient (Wildman–Crippen LogP) is 3.07. The van der Waals surface area contributed by atoms with E-state index in [1.165, 1.54) is 0 Å². The van der Waals surface area contributed by atoms with Gasteiger partial charge >= 0.3 is 6.18 Å². The molecule has 0 aliphatic carbocycles. The second-order valence-electron chi connectivity index (χ2n) is 3.28. The lowest BCUT2D eigenvalue weighted by atomic mass is 10.00. The maximum atomic E-state index is 13.3. The highest BCUT2D eigenvalue weighted by Crippen LogP contribution is 2.34. The molecule has 1 aromatic carbocycles. The van der Waals surface area contributed by atoms with Crippen molar-refractivity contribution < 1.29 is 27.1 Å². The SMILES string of the molecule is CCOc1ccc(C(C=O)C(F)(F)F)cc1F. The lowest BCUT2D eigenvalue weighted by Crippen LogP contribution is -2.22. The van der Waals surface area contributed by atoms with Crippen molar-refractivity contribution in [1.82, 2.24) is 0 Å². The van der Waals surface area contributed by atoms with Crippen LogP contribution in [0.4, 0.5) is 17.6 Å². The fourth-order valence-electron chi connectivity index (χ4n) is 1.33. The van der Waals surface area contributed by atoms with Gasteiger partial charge in [-0.2, -0.15) is 13.2 Å². The number of hydrogen-bond acceptors (Lipinski definition) is 2. The van der Waals surface area contributed by atoms with E-state index in [1.54, 1.807) is 6.92 Å². The van der Waals surface area contributed by atoms with Gasteiger partial charge in [0.05, 0.1) is 6.61 Å². The van der Waals surface area contributed by atoms with Crippen molar-refractivity contribution in [2.75, 3.05) is 6.61 Å². The van der Waals surface area contributed by atoms with Gasteiger partial charge in [0, 0.05) is 0 Å². The summed E-state index contributed by atoms with van der Waals surface area (Å²) >= 11 is 0. The molecular weight excluding hydrogens is 240 g/mol. The molecule has 0 heterocycles. The number of carbonyl (C=O) groups is 1. The van der Waals surface area contributed by atoms with Crippen LogP contribution in [0.5, 0.6) is 5.75 Å². The van der Waals surface area contributed by atoms with Gasteiger partial charge in [-0.15, -0.1) is 0 Å². The van der Waals surface area contributed by atoms with Crippen LogP contribution >= 0.6 is 0 Å². The molecule has 1 aromatic rings. The summed E-state index contributed by atoms with van der Waals surface area (Å²) in [4.78, 5) is 10.4. The van der Waals surface area contributed by atoms with E-state index >= 15 is 0 Å². The summed E-state index contributed by atoms with van der Waals surface area (Å²) in [6.45, 7) is 1.82. The molecule has 17 heavy (non-hydrogen) atoms. The summed E-state index contributed by atoms with van der Waals surface area (Å²) in [7, 11) is 0. The third kappa shape index (κ3) is 3.18. The number of benzene rings is 1. The van der Waals surface area contributed by atoms with E-state index in [0.717, 1.165) is 12.1 Å². The first-order chi connectivity index (χ1) is 7.90. The zero-order valence-electron chi connectivity index (χ0n) is 8.92. The molecular formula is C11H10F4O2. The normalized spacial score (nSPS) is 13.2. The Morgan fingerprint density at radius 3 is 2.47 bits per heavy atom. The van der Waals surface area contributed by atoms with Crippen molar-refractivity contribution in [1.29, 1.82) is 0 Å². The van der Waals surface area contributed by atoms with Gasteiger partial charge in [-0.3, -0.25) is 0 Å². The van der Waals surface area contributed by atoms with E-state index < -0.39 is 23.5 Å². The molecule has 0 saturated carbocycles. The summed E-state index contributed by atoms with van der Waals surface area (Å²) in [5.74, 6) is -3.36. The Bertz CT molecular complexity index is 401. The molecule has 0 aliphatic rings. The van der Waals surface area contributed by atoms with Crippen LogP contribution < -0.4 is 4.74 Å². The van der Waals surface area contributed by atoms with E-state index in [-0.39, 0.29) is 18.6 Å². The number of rotatable bonds is 4. The summed E-state index contributed by atoms with van der Waals surface area (Å²) in [5, 5.41) is 0. The standard InChI is InChI=1S/C11H10F4O2/c1-2-17-10-4-3-7(5-9(10)12)8(6-16)11(13,14)15/h3-6,8H,2H2,1H3. The number of hydrogen-bond donors (Lipinski definition) is 0. The van der Waals surface area contributed by atoms with E-state index in [1.807, 2.05) is 0 Å². The fraction of sp³-hybridized carbons (Fsp3) is 0.364. The highest BCUT2D eigenvalue weighted by Gasteiger charge is 2.40. The largest absolute Gasteiger partial charge is 0.491 e. The number of aldehydes is 1. The third-order valence-electron chi connectivity index (χ3n) is 2.10. The molecule has 0 spiro atoms. The Balaban J connectivity index is 3.07. The maximum Gasteiger partial charge on any atom is 0.402 e. The zero-order chi connectivity index (χ0) is 13.1. The van der Waals surface area contributed by atoms with Crippen LogP contribution in [0.25, 0.3) is 0 Å². The van der Waals surface area contributed by atoms with Crippen molar-refractivity contribution in [2.24, 2.45) is 0 Å². The second kappa shape index (κ2) is 5.16. The van der Waals surface area contributed by atoms with Gasteiger partial charge in [-0.1, -0.05) is 6.07 Å². The third-order valence-corrected chi connectivity index (χ3v) is 2.10. The van der Waals surface area contributed by atoms with E-state index in [9.17, 15) is 22.4 Å². The van der Waals surface area contributed by atoms with Crippen LogP contribution in [0.2, 0.25) is 0 Å². The Morgan fingerprint density at radius 1 is 1.41 bits per heavy atom. The molecule has 0 radical (unpaired) electrons. The topological polar surface area (TPSA) is 26.3 Å². The maximum absolute atomic E-state index is 13.3. The van der Waals surface area contributed by atoms with Crippen molar-refractivity contribution in [3.8, 4) is 5.75 Å². The molecule has 0 bridgehead atoms. The van der Waals surface area contributed by atoms with Crippen LogP contribution in [0.15, 0.2) is 18.2 Å². The molecule has 0 saturated heterocycles. The fourth-order valence-corrected chi connectivity index (χ4v) is 1.33. The smallest absolute Gasteiger partial charge is 0.402 e. The van der Waals surface area contributed by atoms with Gasteiger partial charge < -0.3 is 9.53 Å². The zero-order valence-corrected chi connectivity index (χ0v) is 8.92. The minimum Gasteiger partial charge on any atom is -0.491 e. The van der Waals surface area contributed by atoms with E-state index in [0.29, 0.717) is 6.07 Å². The second-order valence-corrected chi connectivity index (χ2v) is 3.28. The average molecular weight is 250 g/mol. The summed E-state index contributed by atoms with van der Waals surface area (Å²) in [6, 6.07) is 2.77. The van der Waals surface area contributed by atoms with Crippen molar-refractivity contribution in [3.63, 3.8) is 0 Å². The molecule has 0 aliphatic heterocycles. The summed E-state index contributed by atoms with van der Waals surface area (Å²) in [5.41, 5.74) is -0.437. The van der Waals surface area contributed by atoms with E-state index in [4.69, 9.17) is 4.74 Å². The Labute approximate surface area is 95.2 Å². The average Bonchev–Trinajstić information content (AvgIpc) is 2.21. The first-order valence-corrected chi connectivity index (χ1v) is 4.84. The first kappa shape index (κ1) is 13.5. The molecule has 0 fully saturated rings. The van der Waals surface area contributed by atoms with Crippen LogP contribution in [-0.2, 0) is 4.79 Å². The minimum absolute atomic E-state index is 0.136. The summed E-state index contributed by atoms with van der Waals surface area (Å²) in [6.07, 6.45) is -4.98. The molecule has 0 amide bonds. The van der Waals surface area contributed by atoms with Crippen molar-refractivity contribution >= 4 is 6.29 Å². The number of carbonyl (C=O) groups excluding carboxylic acids is 1. The quantitative estimate of drug-likeness (QED) is 0.606. The Morgan fingerprint density at radius 2 is 2.06 bits per heavy atom. The van der Waals surface area contributed by atoms with Crippen LogP contribution in [0.1, 0.15) is 18.4 Å². The molecule has 0 aromatic heterocycles. The Hall–Kier alpha value is -1.59. The molecule has 94 valence electrons. The Kier molecular flexibility index (Phi) is 4.09. The van der Waals surface area contributed by atoms with E-state index in [2.05, 4.69) is 0 Å². The number of ether oxygens (including phenoxy) is 1. The molecule has 1 atom stereocenters. The van der Waals surface area contributed by atoms with Crippen LogP contribution in [-0.4, -0.2) is 19.1 Å². The number of halogens is 4. The van der Waals surface area contributed by atoms with Gasteiger partial charge in [0.2, 0.25) is 0 Å². The van der Waals surface area contributed by atoms with Gasteiger partial charge in [0.25, 0.3) is 0 Å². The molecule has 2 nitrogen and oxygen atoms in total. The lowest BCUT2D eigenvalue weighted by Gasteiger charge is -2.15. The highest BCUT2D eigenvalue weighted by atomic mass is 19.4. The molecule has 6 heteroatoms. The predicted molar refractivity (Wildman–Crippen MR) is 52.4 cm³/mol. The molecule has 1 unspecified atom stereocenters. The van der Waals surface area contributed by atoms with Gasteiger partial charge in [-0.05, 0) is 24.6 Å². The number of alkyl halides is 3. The van der Waals surface area contributed by atoms with Gasteiger partial charge in [0.1, 0.15) is 12.2 Å².